The molecule has 4 nitrogen and oxygen atoms in total. The quantitative estimate of drug-likeness (QED) is 0.505. The van der Waals surface area contributed by atoms with Crippen molar-refractivity contribution in [2.75, 3.05) is 0 Å². The summed E-state index contributed by atoms with van der Waals surface area (Å²) in [5.74, 6) is -0.506. The van der Waals surface area contributed by atoms with Crippen molar-refractivity contribution >= 4 is 12.1 Å². The van der Waals surface area contributed by atoms with Crippen LogP contribution in [0, 0.1) is 13.8 Å². The third-order valence-electron chi connectivity index (χ3n) is 4.29. The van der Waals surface area contributed by atoms with E-state index >= 15 is 0 Å². The first-order valence-electron chi connectivity index (χ1n) is 8.52. The molecule has 28 heavy (non-hydrogen) atoms. The van der Waals surface area contributed by atoms with Crippen molar-refractivity contribution in [3.05, 3.63) is 88.7 Å². The van der Waals surface area contributed by atoms with Crippen LogP contribution in [0.4, 0.5) is 13.2 Å². The van der Waals surface area contributed by atoms with E-state index in [1.807, 2.05) is 30.5 Å². The number of hydrazone groups is 1. The number of halogens is 3. The van der Waals surface area contributed by atoms with Gasteiger partial charge in [0.25, 0.3) is 5.91 Å². The summed E-state index contributed by atoms with van der Waals surface area (Å²) in [6, 6.07) is 15.9. The number of nitrogens with one attached hydrogen (secondary N) is 1. The van der Waals surface area contributed by atoms with Gasteiger partial charge in [-0.05, 0) is 56.3 Å². The van der Waals surface area contributed by atoms with Crippen LogP contribution in [0.3, 0.4) is 0 Å². The van der Waals surface area contributed by atoms with Crippen molar-refractivity contribution in [1.29, 1.82) is 0 Å². The standard InChI is InChI=1S/C21H18F3N3O/c1-14-7-8-15(2)27(14)18-11-9-16(10-12-18)20(28)26-25-13-17-5-3-4-6-19(17)21(22,23)24/h3-13H,1-2H3,(H,26,28). The largest absolute Gasteiger partial charge is 0.417 e. The van der Waals surface area contributed by atoms with Gasteiger partial charge in [0.05, 0.1) is 11.8 Å². The van der Waals surface area contributed by atoms with Crippen molar-refractivity contribution in [2.45, 2.75) is 20.0 Å². The second-order valence-electron chi connectivity index (χ2n) is 6.28. The number of hydrogen-bond acceptors (Lipinski definition) is 2. The topological polar surface area (TPSA) is 46.4 Å². The molecule has 0 atom stereocenters. The third kappa shape index (κ3) is 4.14. The van der Waals surface area contributed by atoms with Gasteiger partial charge in [0, 0.05) is 28.2 Å². The lowest BCUT2D eigenvalue weighted by Crippen LogP contribution is -2.18. The highest BCUT2D eigenvalue weighted by Gasteiger charge is 2.32. The Balaban J connectivity index is 1.72. The maximum absolute atomic E-state index is 13.0. The van der Waals surface area contributed by atoms with Crippen LogP contribution in [0.5, 0.6) is 0 Å². The molecule has 0 saturated carbocycles. The van der Waals surface area contributed by atoms with Gasteiger partial charge in [-0.3, -0.25) is 4.79 Å². The molecule has 0 spiro atoms. The van der Waals surface area contributed by atoms with Crippen LogP contribution >= 0.6 is 0 Å². The van der Waals surface area contributed by atoms with Gasteiger partial charge in [-0.25, -0.2) is 5.43 Å². The van der Waals surface area contributed by atoms with Crippen LogP contribution in [0.15, 0.2) is 65.8 Å². The minimum absolute atomic E-state index is 0.121. The molecule has 1 amide bonds. The summed E-state index contributed by atoms with van der Waals surface area (Å²) in [5, 5.41) is 3.66. The van der Waals surface area contributed by atoms with Gasteiger partial charge in [-0.1, -0.05) is 18.2 Å². The summed E-state index contributed by atoms with van der Waals surface area (Å²) < 4.78 is 40.9. The van der Waals surface area contributed by atoms with Crippen LogP contribution in [0.2, 0.25) is 0 Å². The van der Waals surface area contributed by atoms with E-state index in [4.69, 9.17) is 0 Å². The van der Waals surface area contributed by atoms with Crippen LogP contribution in [0.25, 0.3) is 5.69 Å². The van der Waals surface area contributed by atoms with Crippen molar-refractivity contribution in [1.82, 2.24) is 9.99 Å². The van der Waals surface area contributed by atoms with Gasteiger partial charge >= 0.3 is 6.18 Å². The lowest BCUT2D eigenvalue weighted by molar-refractivity contribution is -0.137. The average Bonchev–Trinajstić information content (AvgIpc) is 3.00. The molecule has 1 heterocycles. The molecule has 0 aliphatic carbocycles. The van der Waals surface area contributed by atoms with E-state index < -0.39 is 17.6 Å². The highest BCUT2D eigenvalue weighted by molar-refractivity contribution is 5.95. The first kappa shape index (κ1) is 19.4. The molecule has 0 unspecified atom stereocenters. The first-order chi connectivity index (χ1) is 13.3. The minimum atomic E-state index is -4.49. The number of carbonyl (C=O) groups is 1. The molecule has 1 N–H and O–H groups in total. The van der Waals surface area contributed by atoms with Crippen LogP contribution in [-0.4, -0.2) is 16.7 Å². The fraction of sp³-hybridized carbons (Fsp3) is 0.143. The summed E-state index contributed by atoms with van der Waals surface area (Å²) in [6.45, 7) is 3.97. The predicted molar refractivity (Wildman–Crippen MR) is 102 cm³/mol. The second kappa shape index (κ2) is 7.72. The highest BCUT2D eigenvalue weighted by Crippen LogP contribution is 2.31. The molecule has 0 aliphatic rings. The van der Waals surface area contributed by atoms with Crippen molar-refractivity contribution < 1.29 is 18.0 Å². The van der Waals surface area contributed by atoms with Gasteiger partial charge < -0.3 is 4.57 Å². The summed E-state index contributed by atoms with van der Waals surface area (Å²) in [7, 11) is 0. The molecule has 0 bridgehead atoms. The second-order valence-corrected chi connectivity index (χ2v) is 6.28. The number of aromatic nitrogens is 1. The zero-order valence-corrected chi connectivity index (χ0v) is 15.3. The van der Waals surface area contributed by atoms with E-state index in [0.717, 1.165) is 29.4 Å². The molecular weight excluding hydrogens is 367 g/mol. The van der Waals surface area contributed by atoms with Gasteiger partial charge in [-0.2, -0.15) is 18.3 Å². The molecule has 0 aliphatic heterocycles. The zero-order valence-electron chi connectivity index (χ0n) is 15.3. The van der Waals surface area contributed by atoms with Crippen LogP contribution in [-0.2, 0) is 6.18 Å². The number of benzene rings is 2. The molecule has 1 aromatic heterocycles. The van der Waals surface area contributed by atoms with E-state index in [1.54, 1.807) is 24.3 Å². The Morgan fingerprint density at radius 3 is 2.18 bits per heavy atom. The smallest absolute Gasteiger partial charge is 0.319 e. The molecule has 0 fully saturated rings. The Morgan fingerprint density at radius 1 is 0.964 bits per heavy atom. The van der Waals surface area contributed by atoms with Crippen molar-refractivity contribution in [2.24, 2.45) is 5.10 Å². The molecular formula is C21H18F3N3O. The molecule has 0 radical (unpaired) electrons. The number of alkyl halides is 3. The Bertz CT molecular complexity index is 999. The molecule has 0 saturated heterocycles. The fourth-order valence-electron chi connectivity index (χ4n) is 2.93. The summed E-state index contributed by atoms with van der Waals surface area (Å²) in [6.07, 6.45) is -3.50. The molecule has 2 aromatic carbocycles. The Labute approximate surface area is 160 Å². The lowest BCUT2D eigenvalue weighted by atomic mass is 10.1. The van der Waals surface area contributed by atoms with Crippen molar-refractivity contribution in [3.8, 4) is 5.69 Å². The van der Waals surface area contributed by atoms with Gasteiger partial charge in [0.2, 0.25) is 0 Å². The van der Waals surface area contributed by atoms with E-state index in [2.05, 4.69) is 10.5 Å². The molecule has 144 valence electrons. The predicted octanol–water partition coefficient (Wildman–Crippen LogP) is 4.88. The molecule has 3 aromatic rings. The van der Waals surface area contributed by atoms with Crippen molar-refractivity contribution in [3.63, 3.8) is 0 Å². The number of carbonyl (C=O) groups excluding carboxylic acids is 1. The Morgan fingerprint density at radius 2 is 1.57 bits per heavy atom. The third-order valence-corrected chi connectivity index (χ3v) is 4.29. The lowest BCUT2D eigenvalue weighted by Gasteiger charge is -2.10. The normalized spacial score (nSPS) is 11.8. The number of hydrogen-bond donors (Lipinski definition) is 1. The van der Waals surface area contributed by atoms with E-state index in [9.17, 15) is 18.0 Å². The van der Waals surface area contributed by atoms with E-state index in [-0.39, 0.29) is 5.56 Å². The summed E-state index contributed by atoms with van der Waals surface area (Å²) in [5.41, 5.74) is 4.74. The molecule has 3 rings (SSSR count). The van der Waals surface area contributed by atoms with E-state index in [1.165, 1.54) is 18.2 Å². The zero-order chi connectivity index (χ0) is 20.3. The SMILES string of the molecule is Cc1ccc(C)n1-c1ccc(C(=O)NN=Cc2ccccc2C(F)(F)F)cc1. The van der Waals surface area contributed by atoms with Gasteiger partial charge in [-0.15, -0.1) is 0 Å². The fourth-order valence-corrected chi connectivity index (χ4v) is 2.93. The monoisotopic (exact) mass is 385 g/mol. The van der Waals surface area contributed by atoms with E-state index in [0.29, 0.717) is 5.56 Å². The number of nitrogens with zero attached hydrogens (tertiary/aromatic N) is 2. The number of aryl methyl sites for hydroxylation is 2. The molecule has 7 heteroatoms. The minimum Gasteiger partial charge on any atom is -0.319 e. The maximum atomic E-state index is 13.0. The van der Waals surface area contributed by atoms with Gasteiger partial charge in [0.15, 0.2) is 0 Å². The Kier molecular flexibility index (Phi) is 5.35. The van der Waals surface area contributed by atoms with Crippen LogP contribution < -0.4 is 5.43 Å². The maximum Gasteiger partial charge on any atom is 0.417 e. The first-order valence-corrected chi connectivity index (χ1v) is 8.52. The summed E-state index contributed by atoms with van der Waals surface area (Å²) in [4.78, 5) is 12.2. The number of rotatable bonds is 4. The number of amides is 1. The highest BCUT2D eigenvalue weighted by atomic mass is 19.4. The average molecular weight is 385 g/mol. The van der Waals surface area contributed by atoms with Crippen LogP contribution in [0.1, 0.15) is 32.9 Å². The Hall–Kier alpha value is -3.35. The summed E-state index contributed by atoms with van der Waals surface area (Å²) >= 11 is 0. The van der Waals surface area contributed by atoms with Gasteiger partial charge in [0.1, 0.15) is 0 Å².